The van der Waals surface area contributed by atoms with E-state index in [9.17, 15) is 9.59 Å². The number of amides is 2. The highest BCUT2D eigenvalue weighted by atomic mass is 16.4. The Morgan fingerprint density at radius 1 is 1.05 bits per heavy atom. The highest BCUT2D eigenvalue weighted by Gasteiger charge is 2.41. The van der Waals surface area contributed by atoms with Crippen molar-refractivity contribution in [1.82, 2.24) is 15.1 Å². The van der Waals surface area contributed by atoms with Gasteiger partial charge >= 0.3 is 12.0 Å². The monoisotopic (exact) mass is 295 g/mol. The number of hydrogen-bond acceptors (Lipinski definition) is 3. The number of nitrogens with zero attached hydrogens (tertiary/aromatic N) is 2. The van der Waals surface area contributed by atoms with Gasteiger partial charge in [0.1, 0.15) is 0 Å². The number of carboxylic acid groups (broad SMARTS) is 1. The van der Waals surface area contributed by atoms with Gasteiger partial charge in [0.25, 0.3) is 0 Å². The predicted octanol–water partition coefficient (Wildman–Crippen LogP) is 0.834. The SMILES string of the molecule is O=C(O)CN1CCN(C(=O)NCC(C2CC2)C2CC2)CC1. The topological polar surface area (TPSA) is 72.9 Å². The van der Waals surface area contributed by atoms with Crippen LogP contribution in [0.1, 0.15) is 25.7 Å². The van der Waals surface area contributed by atoms with Gasteiger partial charge in [0.2, 0.25) is 0 Å². The lowest BCUT2D eigenvalue weighted by atomic mass is 9.98. The fourth-order valence-electron chi connectivity index (χ4n) is 3.38. The van der Waals surface area contributed by atoms with Crippen molar-refractivity contribution in [2.75, 3.05) is 39.3 Å². The van der Waals surface area contributed by atoms with Gasteiger partial charge in [-0.3, -0.25) is 9.69 Å². The van der Waals surface area contributed by atoms with E-state index in [-0.39, 0.29) is 12.6 Å². The second-order valence-corrected chi connectivity index (χ2v) is 6.68. The fraction of sp³-hybridized carbons (Fsp3) is 0.867. The Kier molecular flexibility index (Phi) is 4.33. The number of rotatable bonds is 6. The van der Waals surface area contributed by atoms with Crippen LogP contribution in [0.4, 0.5) is 4.79 Å². The Morgan fingerprint density at radius 3 is 2.10 bits per heavy atom. The summed E-state index contributed by atoms with van der Waals surface area (Å²) in [6.45, 7) is 3.43. The molecule has 3 fully saturated rings. The lowest BCUT2D eigenvalue weighted by Gasteiger charge is -2.34. The van der Waals surface area contributed by atoms with E-state index in [1.807, 2.05) is 9.80 Å². The second kappa shape index (κ2) is 6.22. The number of piperazine rings is 1. The third-order valence-electron chi connectivity index (χ3n) is 4.96. The van der Waals surface area contributed by atoms with Crippen molar-refractivity contribution in [3.63, 3.8) is 0 Å². The minimum atomic E-state index is -0.801. The minimum Gasteiger partial charge on any atom is -0.480 e. The van der Waals surface area contributed by atoms with Crippen LogP contribution in [0.15, 0.2) is 0 Å². The standard InChI is InChI=1S/C15H25N3O3/c19-14(20)10-17-5-7-18(8-6-17)15(21)16-9-13(11-1-2-11)12-3-4-12/h11-13H,1-10H2,(H,16,21)(H,19,20). The molecule has 0 aromatic heterocycles. The minimum absolute atomic E-state index is 0.0243. The molecule has 2 saturated carbocycles. The van der Waals surface area contributed by atoms with Crippen LogP contribution >= 0.6 is 0 Å². The van der Waals surface area contributed by atoms with E-state index >= 15 is 0 Å². The van der Waals surface area contributed by atoms with Gasteiger partial charge in [-0.15, -0.1) is 0 Å². The van der Waals surface area contributed by atoms with Crippen LogP contribution in [-0.4, -0.2) is 66.2 Å². The van der Waals surface area contributed by atoms with Crippen LogP contribution in [0.25, 0.3) is 0 Å². The smallest absolute Gasteiger partial charge is 0.317 e. The van der Waals surface area contributed by atoms with E-state index in [1.54, 1.807) is 0 Å². The van der Waals surface area contributed by atoms with Gasteiger partial charge in [-0.25, -0.2) is 4.79 Å². The van der Waals surface area contributed by atoms with Gasteiger partial charge in [-0.1, -0.05) is 0 Å². The number of carboxylic acids is 1. The van der Waals surface area contributed by atoms with Crippen LogP contribution in [0.5, 0.6) is 0 Å². The maximum Gasteiger partial charge on any atom is 0.317 e. The molecule has 0 spiro atoms. The summed E-state index contributed by atoms with van der Waals surface area (Å²) in [7, 11) is 0. The molecule has 0 bridgehead atoms. The molecule has 6 heteroatoms. The van der Waals surface area contributed by atoms with Crippen molar-refractivity contribution in [3.8, 4) is 0 Å². The van der Waals surface area contributed by atoms with Gasteiger partial charge < -0.3 is 15.3 Å². The van der Waals surface area contributed by atoms with Crippen molar-refractivity contribution >= 4 is 12.0 Å². The highest BCUT2D eigenvalue weighted by Crippen LogP contribution is 2.48. The summed E-state index contributed by atoms with van der Waals surface area (Å²) in [5, 5.41) is 11.9. The van der Waals surface area contributed by atoms with Gasteiger partial charge in [0, 0.05) is 32.7 Å². The Labute approximate surface area is 125 Å². The molecular weight excluding hydrogens is 270 g/mol. The molecule has 3 rings (SSSR count). The summed E-state index contributed by atoms with van der Waals surface area (Å²) >= 11 is 0. The number of carbonyl (C=O) groups excluding carboxylic acids is 1. The largest absolute Gasteiger partial charge is 0.480 e. The number of nitrogens with one attached hydrogen (secondary N) is 1. The normalized spacial score (nSPS) is 23.4. The van der Waals surface area contributed by atoms with Crippen molar-refractivity contribution in [2.24, 2.45) is 17.8 Å². The van der Waals surface area contributed by atoms with Crippen molar-refractivity contribution in [2.45, 2.75) is 25.7 Å². The van der Waals surface area contributed by atoms with Gasteiger partial charge in [0.15, 0.2) is 0 Å². The van der Waals surface area contributed by atoms with E-state index in [4.69, 9.17) is 5.11 Å². The third kappa shape index (κ3) is 4.09. The van der Waals surface area contributed by atoms with Crippen LogP contribution < -0.4 is 5.32 Å². The molecule has 3 aliphatic rings. The first-order chi connectivity index (χ1) is 10.1. The summed E-state index contributed by atoms with van der Waals surface area (Å²) < 4.78 is 0. The molecule has 0 radical (unpaired) electrons. The average Bonchev–Trinajstić information content (AvgIpc) is 3.33. The molecule has 2 amide bonds. The molecule has 0 atom stereocenters. The summed E-state index contributed by atoms with van der Waals surface area (Å²) in [5.41, 5.74) is 0. The zero-order valence-corrected chi connectivity index (χ0v) is 12.5. The first-order valence-electron chi connectivity index (χ1n) is 8.10. The molecule has 0 aromatic rings. The lowest BCUT2D eigenvalue weighted by Crippen LogP contribution is -2.53. The van der Waals surface area contributed by atoms with Crippen LogP contribution in [0, 0.1) is 17.8 Å². The molecule has 2 N–H and O–H groups in total. The number of urea groups is 1. The molecule has 2 aliphatic carbocycles. The Morgan fingerprint density at radius 2 is 1.62 bits per heavy atom. The molecule has 118 valence electrons. The molecule has 21 heavy (non-hydrogen) atoms. The lowest BCUT2D eigenvalue weighted by molar-refractivity contribution is -0.138. The quantitative estimate of drug-likeness (QED) is 0.761. The first kappa shape index (κ1) is 14.6. The number of carbonyl (C=O) groups is 2. The van der Waals surface area contributed by atoms with Gasteiger partial charge in [-0.05, 0) is 43.4 Å². The second-order valence-electron chi connectivity index (χ2n) is 6.68. The van der Waals surface area contributed by atoms with Crippen molar-refractivity contribution in [1.29, 1.82) is 0 Å². The van der Waals surface area contributed by atoms with Crippen LogP contribution in [0.2, 0.25) is 0 Å². The number of hydrogen-bond donors (Lipinski definition) is 2. The van der Waals surface area contributed by atoms with Crippen LogP contribution in [0.3, 0.4) is 0 Å². The van der Waals surface area contributed by atoms with E-state index in [2.05, 4.69) is 5.32 Å². The Balaban J connectivity index is 1.38. The molecule has 6 nitrogen and oxygen atoms in total. The highest BCUT2D eigenvalue weighted by molar-refractivity contribution is 5.74. The Bertz CT molecular complexity index is 387. The summed E-state index contributed by atoms with van der Waals surface area (Å²) in [6, 6.07) is 0.0243. The van der Waals surface area contributed by atoms with E-state index in [0.29, 0.717) is 32.1 Å². The van der Waals surface area contributed by atoms with Crippen molar-refractivity contribution < 1.29 is 14.7 Å². The molecule has 1 aliphatic heterocycles. The molecule has 1 saturated heterocycles. The Hall–Kier alpha value is -1.30. The van der Waals surface area contributed by atoms with E-state index in [0.717, 1.165) is 18.4 Å². The maximum atomic E-state index is 12.2. The molecule has 1 heterocycles. The molecular formula is C15H25N3O3. The zero-order valence-electron chi connectivity index (χ0n) is 12.5. The van der Waals surface area contributed by atoms with Crippen LogP contribution in [-0.2, 0) is 4.79 Å². The van der Waals surface area contributed by atoms with E-state index in [1.165, 1.54) is 25.7 Å². The zero-order chi connectivity index (χ0) is 14.8. The maximum absolute atomic E-state index is 12.2. The average molecular weight is 295 g/mol. The molecule has 0 aromatic carbocycles. The fourth-order valence-corrected chi connectivity index (χ4v) is 3.38. The molecule has 0 unspecified atom stereocenters. The predicted molar refractivity (Wildman–Crippen MR) is 78.0 cm³/mol. The van der Waals surface area contributed by atoms with Gasteiger partial charge in [0.05, 0.1) is 6.54 Å². The first-order valence-corrected chi connectivity index (χ1v) is 8.10. The summed E-state index contributed by atoms with van der Waals surface area (Å²) in [4.78, 5) is 26.6. The third-order valence-corrected chi connectivity index (χ3v) is 4.96. The summed E-state index contributed by atoms with van der Waals surface area (Å²) in [5.74, 6) is 1.60. The van der Waals surface area contributed by atoms with Crippen molar-refractivity contribution in [3.05, 3.63) is 0 Å². The van der Waals surface area contributed by atoms with E-state index < -0.39 is 5.97 Å². The van der Waals surface area contributed by atoms with Gasteiger partial charge in [-0.2, -0.15) is 0 Å². The summed E-state index contributed by atoms with van der Waals surface area (Å²) in [6.07, 6.45) is 5.35. The number of aliphatic carboxylic acids is 1.